The standard InChI is InChI=1S/C10H15FN2/c1-8(2)5-6-12-9-3-4-10(11)13-7-9/h3-4,7-8,12H,5-6H2,1-2H3. The predicted molar refractivity (Wildman–Crippen MR) is 52.1 cm³/mol. The first-order chi connectivity index (χ1) is 6.18. The Labute approximate surface area is 78.2 Å². The van der Waals surface area contributed by atoms with Crippen molar-refractivity contribution in [2.24, 2.45) is 5.92 Å². The molecule has 0 spiro atoms. The summed E-state index contributed by atoms with van der Waals surface area (Å²) in [6.07, 6.45) is 2.62. The first-order valence-electron chi connectivity index (χ1n) is 4.54. The van der Waals surface area contributed by atoms with Crippen molar-refractivity contribution in [3.63, 3.8) is 0 Å². The average molecular weight is 182 g/mol. The summed E-state index contributed by atoms with van der Waals surface area (Å²) in [4.78, 5) is 3.55. The number of rotatable bonds is 4. The maximum Gasteiger partial charge on any atom is 0.212 e. The molecule has 72 valence electrons. The van der Waals surface area contributed by atoms with Gasteiger partial charge < -0.3 is 5.32 Å². The minimum atomic E-state index is -0.436. The van der Waals surface area contributed by atoms with Crippen molar-refractivity contribution in [1.29, 1.82) is 0 Å². The van der Waals surface area contributed by atoms with Gasteiger partial charge in [0.2, 0.25) is 5.95 Å². The highest BCUT2D eigenvalue weighted by Gasteiger charge is 1.95. The van der Waals surface area contributed by atoms with Crippen LogP contribution in [-0.2, 0) is 0 Å². The number of hydrogen-bond acceptors (Lipinski definition) is 2. The summed E-state index contributed by atoms with van der Waals surface area (Å²) in [5, 5.41) is 3.17. The van der Waals surface area contributed by atoms with Crippen molar-refractivity contribution < 1.29 is 4.39 Å². The molecule has 0 bridgehead atoms. The van der Waals surface area contributed by atoms with Gasteiger partial charge in [-0.1, -0.05) is 13.8 Å². The van der Waals surface area contributed by atoms with E-state index in [0.29, 0.717) is 5.92 Å². The highest BCUT2D eigenvalue weighted by atomic mass is 19.1. The van der Waals surface area contributed by atoms with Crippen LogP contribution in [0.1, 0.15) is 20.3 Å². The van der Waals surface area contributed by atoms with Crippen molar-refractivity contribution in [2.75, 3.05) is 11.9 Å². The number of pyridine rings is 1. The zero-order chi connectivity index (χ0) is 9.68. The second-order valence-electron chi connectivity index (χ2n) is 3.48. The Balaban J connectivity index is 2.33. The summed E-state index contributed by atoms with van der Waals surface area (Å²) in [6, 6.07) is 3.06. The fraction of sp³-hybridized carbons (Fsp3) is 0.500. The van der Waals surface area contributed by atoms with Crippen LogP contribution in [-0.4, -0.2) is 11.5 Å². The van der Waals surface area contributed by atoms with Gasteiger partial charge in [-0.15, -0.1) is 0 Å². The average Bonchev–Trinajstić information content (AvgIpc) is 2.08. The molecular formula is C10H15FN2. The molecule has 0 saturated heterocycles. The lowest BCUT2D eigenvalue weighted by atomic mass is 10.1. The number of nitrogens with zero attached hydrogens (tertiary/aromatic N) is 1. The largest absolute Gasteiger partial charge is 0.384 e. The Hall–Kier alpha value is -1.12. The molecule has 0 aliphatic carbocycles. The third kappa shape index (κ3) is 3.87. The summed E-state index contributed by atoms with van der Waals surface area (Å²) in [6.45, 7) is 5.25. The molecule has 0 unspecified atom stereocenters. The fourth-order valence-corrected chi connectivity index (χ4v) is 0.986. The van der Waals surface area contributed by atoms with E-state index in [2.05, 4.69) is 24.1 Å². The number of hydrogen-bond donors (Lipinski definition) is 1. The van der Waals surface area contributed by atoms with Gasteiger partial charge in [0, 0.05) is 6.54 Å². The Bertz CT molecular complexity index is 244. The van der Waals surface area contributed by atoms with Crippen LogP contribution in [0, 0.1) is 11.9 Å². The van der Waals surface area contributed by atoms with E-state index < -0.39 is 5.95 Å². The molecule has 1 aromatic rings. The van der Waals surface area contributed by atoms with Gasteiger partial charge in [0.05, 0.1) is 11.9 Å². The Morgan fingerprint density at radius 3 is 2.77 bits per heavy atom. The Kier molecular flexibility index (Phi) is 3.68. The van der Waals surface area contributed by atoms with Gasteiger partial charge in [0.15, 0.2) is 0 Å². The normalized spacial score (nSPS) is 10.5. The maximum absolute atomic E-state index is 12.4. The minimum absolute atomic E-state index is 0.436. The van der Waals surface area contributed by atoms with Gasteiger partial charge >= 0.3 is 0 Å². The summed E-state index contributed by atoms with van der Waals surface area (Å²) in [5.74, 6) is 0.246. The number of nitrogens with one attached hydrogen (secondary N) is 1. The van der Waals surface area contributed by atoms with Crippen molar-refractivity contribution in [2.45, 2.75) is 20.3 Å². The molecule has 1 heterocycles. The molecule has 0 atom stereocenters. The first kappa shape index (κ1) is 9.96. The van der Waals surface area contributed by atoms with Gasteiger partial charge in [-0.2, -0.15) is 4.39 Å². The van der Waals surface area contributed by atoms with Crippen molar-refractivity contribution in [3.8, 4) is 0 Å². The summed E-state index contributed by atoms with van der Waals surface area (Å²) in [7, 11) is 0. The quantitative estimate of drug-likeness (QED) is 0.724. The smallest absolute Gasteiger partial charge is 0.212 e. The molecule has 0 aliphatic heterocycles. The number of anilines is 1. The second kappa shape index (κ2) is 4.80. The highest BCUT2D eigenvalue weighted by Crippen LogP contribution is 2.06. The van der Waals surface area contributed by atoms with Gasteiger partial charge in [-0.3, -0.25) is 0 Å². The van der Waals surface area contributed by atoms with Crippen LogP contribution < -0.4 is 5.32 Å². The summed E-state index contributed by atoms with van der Waals surface area (Å²) < 4.78 is 12.4. The van der Waals surface area contributed by atoms with E-state index in [9.17, 15) is 4.39 Å². The maximum atomic E-state index is 12.4. The number of halogens is 1. The van der Waals surface area contributed by atoms with Crippen molar-refractivity contribution in [1.82, 2.24) is 4.98 Å². The topological polar surface area (TPSA) is 24.9 Å². The van der Waals surface area contributed by atoms with Crippen LogP contribution in [0.2, 0.25) is 0 Å². The number of aromatic nitrogens is 1. The highest BCUT2D eigenvalue weighted by molar-refractivity contribution is 5.39. The first-order valence-corrected chi connectivity index (χ1v) is 4.54. The molecule has 0 radical (unpaired) electrons. The van der Waals surface area contributed by atoms with Gasteiger partial charge in [-0.25, -0.2) is 4.98 Å². The Morgan fingerprint density at radius 2 is 2.23 bits per heavy atom. The molecule has 0 aliphatic rings. The van der Waals surface area contributed by atoms with E-state index in [-0.39, 0.29) is 0 Å². The van der Waals surface area contributed by atoms with Crippen LogP contribution in [0.3, 0.4) is 0 Å². The zero-order valence-corrected chi connectivity index (χ0v) is 8.05. The molecule has 3 heteroatoms. The van der Waals surface area contributed by atoms with Crippen LogP contribution in [0.25, 0.3) is 0 Å². The molecule has 1 rings (SSSR count). The molecule has 1 aromatic heterocycles. The molecular weight excluding hydrogens is 167 g/mol. The van der Waals surface area contributed by atoms with Gasteiger partial charge in [-0.05, 0) is 24.5 Å². The lowest BCUT2D eigenvalue weighted by Gasteiger charge is -2.07. The van der Waals surface area contributed by atoms with E-state index in [1.165, 1.54) is 12.3 Å². The van der Waals surface area contributed by atoms with Crippen LogP contribution in [0.4, 0.5) is 10.1 Å². The van der Waals surface area contributed by atoms with Gasteiger partial charge in [0.25, 0.3) is 0 Å². The van der Waals surface area contributed by atoms with E-state index in [0.717, 1.165) is 18.7 Å². The predicted octanol–water partition coefficient (Wildman–Crippen LogP) is 2.68. The zero-order valence-electron chi connectivity index (χ0n) is 8.05. The van der Waals surface area contributed by atoms with Crippen LogP contribution in [0.15, 0.2) is 18.3 Å². The third-order valence-corrected chi connectivity index (χ3v) is 1.78. The van der Waals surface area contributed by atoms with E-state index >= 15 is 0 Å². The molecule has 0 amide bonds. The molecule has 13 heavy (non-hydrogen) atoms. The molecule has 0 fully saturated rings. The molecule has 2 nitrogen and oxygen atoms in total. The summed E-state index contributed by atoms with van der Waals surface area (Å²) in [5.41, 5.74) is 0.877. The van der Waals surface area contributed by atoms with Crippen molar-refractivity contribution in [3.05, 3.63) is 24.3 Å². The van der Waals surface area contributed by atoms with Crippen LogP contribution in [0.5, 0.6) is 0 Å². The van der Waals surface area contributed by atoms with Crippen molar-refractivity contribution >= 4 is 5.69 Å². The Morgan fingerprint density at radius 1 is 1.46 bits per heavy atom. The third-order valence-electron chi connectivity index (χ3n) is 1.78. The van der Waals surface area contributed by atoms with E-state index in [1.54, 1.807) is 6.07 Å². The molecule has 1 N–H and O–H groups in total. The van der Waals surface area contributed by atoms with Crippen LogP contribution >= 0.6 is 0 Å². The van der Waals surface area contributed by atoms with E-state index in [1.807, 2.05) is 0 Å². The molecule has 0 saturated carbocycles. The van der Waals surface area contributed by atoms with E-state index in [4.69, 9.17) is 0 Å². The SMILES string of the molecule is CC(C)CCNc1ccc(F)nc1. The monoisotopic (exact) mass is 182 g/mol. The summed E-state index contributed by atoms with van der Waals surface area (Å²) >= 11 is 0. The molecule has 0 aromatic carbocycles. The minimum Gasteiger partial charge on any atom is -0.384 e. The lowest BCUT2D eigenvalue weighted by molar-refractivity contribution is 0.583. The van der Waals surface area contributed by atoms with Gasteiger partial charge in [0.1, 0.15) is 0 Å². The second-order valence-corrected chi connectivity index (χ2v) is 3.48. The lowest BCUT2D eigenvalue weighted by Crippen LogP contribution is -2.04. The fourth-order valence-electron chi connectivity index (χ4n) is 0.986.